The number of carbonyl (C=O) groups is 3. The predicted molar refractivity (Wildman–Crippen MR) is 106 cm³/mol. The molecule has 0 aromatic heterocycles. The van der Waals surface area contributed by atoms with Crippen LogP contribution in [0.1, 0.15) is 28.8 Å². The zero-order chi connectivity index (χ0) is 19.1. The van der Waals surface area contributed by atoms with Gasteiger partial charge in [0.05, 0.1) is 6.42 Å². The molecule has 0 aliphatic heterocycles. The number of Topliss-reactive ketones (excluding diaryl/α,β-unsaturated/α-hetero) is 1. The van der Waals surface area contributed by atoms with Gasteiger partial charge in [0.15, 0.2) is 12.4 Å². The molecule has 0 radical (unpaired) electrons. The molecule has 0 aliphatic carbocycles. The monoisotopic (exact) mass is 481 g/mol. The van der Waals surface area contributed by atoms with Crippen LogP contribution < -0.4 is 5.32 Å². The Kier molecular flexibility index (Phi) is 7.53. The van der Waals surface area contributed by atoms with Gasteiger partial charge in [-0.3, -0.25) is 14.4 Å². The van der Waals surface area contributed by atoms with Gasteiger partial charge in [0.2, 0.25) is 5.91 Å². The first-order chi connectivity index (χ1) is 12.3. The molecular formula is C19H17Br2NO4. The van der Waals surface area contributed by atoms with Gasteiger partial charge in [-0.05, 0) is 42.8 Å². The third-order valence-electron chi connectivity index (χ3n) is 3.55. The average Bonchev–Trinajstić information content (AvgIpc) is 2.61. The van der Waals surface area contributed by atoms with E-state index in [1.165, 1.54) is 0 Å². The van der Waals surface area contributed by atoms with Crippen molar-refractivity contribution in [2.75, 3.05) is 11.9 Å². The molecule has 0 atom stereocenters. The highest BCUT2D eigenvalue weighted by molar-refractivity contribution is 9.10. The molecule has 0 heterocycles. The molecule has 0 saturated heterocycles. The topological polar surface area (TPSA) is 72.5 Å². The lowest BCUT2D eigenvalue weighted by molar-refractivity contribution is -0.143. The number of ketones is 1. The zero-order valence-electron chi connectivity index (χ0n) is 14.1. The molecule has 0 spiro atoms. The second kappa shape index (κ2) is 9.64. The Hall–Kier alpha value is -1.99. The van der Waals surface area contributed by atoms with E-state index in [0.717, 1.165) is 14.5 Å². The summed E-state index contributed by atoms with van der Waals surface area (Å²) in [5.74, 6) is -1.16. The Morgan fingerprint density at radius 3 is 2.27 bits per heavy atom. The first kappa shape index (κ1) is 20.3. The van der Waals surface area contributed by atoms with Gasteiger partial charge in [-0.15, -0.1) is 0 Å². The number of halogens is 2. The van der Waals surface area contributed by atoms with Crippen molar-refractivity contribution in [3.05, 3.63) is 62.5 Å². The van der Waals surface area contributed by atoms with E-state index in [1.54, 1.807) is 30.3 Å². The van der Waals surface area contributed by atoms with E-state index in [9.17, 15) is 14.4 Å². The van der Waals surface area contributed by atoms with Crippen molar-refractivity contribution in [1.29, 1.82) is 0 Å². The third-order valence-corrected chi connectivity index (χ3v) is 4.57. The van der Waals surface area contributed by atoms with Crippen LogP contribution in [0.5, 0.6) is 0 Å². The summed E-state index contributed by atoms with van der Waals surface area (Å²) in [6, 6.07) is 12.3. The molecule has 1 N–H and O–H groups in total. The molecule has 2 aromatic carbocycles. The predicted octanol–water partition coefficient (Wildman–Crippen LogP) is 4.66. The Morgan fingerprint density at radius 2 is 1.62 bits per heavy atom. The number of benzene rings is 2. The fraction of sp³-hybridized carbons (Fsp3) is 0.211. The number of rotatable bonds is 7. The summed E-state index contributed by atoms with van der Waals surface area (Å²) in [5, 5.41) is 2.75. The molecule has 136 valence electrons. The fourth-order valence-corrected chi connectivity index (χ4v) is 2.87. The maximum atomic E-state index is 11.9. The van der Waals surface area contributed by atoms with Gasteiger partial charge in [0.25, 0.3) is 0 Å². The number of carbonyl (C=O) groups excluding carboxylic acids is 3. The van der Waals surface area contributed by atoms with Crippen molar-refractivity contribution in [3.63, 3.8) is 0 Å². The van der Waals surface area contributed by atoms with E-state index < -0.39 is 5.97 Å². The smallest absolute Gasteiger partial charge is 0.306 e. The Morgan fingerprint density at radius 1 is 0.962 bits per heavy atom. The summed E-state index contributed by atoms with van der Waals surface area (Å²) in [7, 11) is 0. The number of nitrogens with one attached hydrogen (secondary N) is 1. The first-order valence-corrected chi connectivity index (χ1v) is 9.44. The molecule has 0 unspecified atom stereocenters. The van der Waals surface area contributed by atoms with E-state index in [0.29, 0.717) is 11.3 Å². The first-order valence-electron chi connectivity index (χ1n) is 7.85. The van der Waals surface area contributed by atoms with E-state index in [2.05, 4.69) is 37.2 Å². The number of esters is 1. The Balaban J connectivity index is 1.74. The van der Waals surface area contributed by atoms with Crippen LogP contribution in [0, 0.1) is 6.92 Å². The van der Waals surface area contributed by atoms with Crippen LogP contribution >= 0.6 is 31.9 Å². The molecule has 0 bridgehead atoms. The minimum atomic E-state index is -0.585. The molecule has 0 fully saturated rings. The molecule has 2 rings (SSSR count). The van der Waals surface area contributed by atoms with Gasteiger partial charge >= 0.3 is 5.97 Å². The standard InChI is InChI=1S/C19H17Br2NO4/c1-12-10-15(21)6-7-16(12)22-18(24)8-9-19(25)26-11-17(23)13-2-4-14(20)5-3-13/h2-7,10H,8-9,11H2,1H3,(H,22,24). The molecule has 0 saturated carbocycles. The van der Waals surface area contributed by atoms with E-state index in [4.69, 9.17) is 4.74 Å². The van der Waals surface area contributed by atoms with Gasteiger partial charge < -0.3 is 10.1 Å². The summed E-state index contributed by atoms with van der Waals surface area (Å²) in [5.41, 5.74) is 2.07. The molecule has 5 nitrogen and oxygen atoms in total. The number of ether oxygens (including phenoxy) is 1. The Labute approximate surface area is 168 Å². The summed E-state index contributed by atoms with van der Waals surface area (Å²) >= 11 is 6.64. The summed E-state index contributed by atoms with van der Waals surface area (Å²) in [4.78, 5) is 35.6. The maximum absolute atomic E-state index is 11.9. The Bertz CT molecular complexity index is 819. The van der Waals surface area contributed by atoms with Crippen molar-refractivity contribution in [1.82, 2.24) is 0 Å². The third kappa shape index (κ3) is 6.38. The van der Waals surface area contributed by atoms with E-state index >= 15 is 0 Å². The molecule has 0 aliphatic rings. The molecule has 26 heavy (non-hydrogen) atoms. The van der Waals surface area contributed by atoms with Gasteiger partial charge in [-0.25, -0.2) is 0 Å². The SMILES string of the molecule is Cc1cc(Br)ccc1NC(=O)CCC(=O)OCC(=O)c1ccc(Br)cc1. The van der Waals surface area contributed by atoms with Crippen molar-refractivity contribution >= 4 is 55.2 Å². The maximum Gasteiger partial charge on any atom is 0.306 e. The second-order valence-corrected chi connectivity index (χ2v) is 7.43. The molecular weight excluding hydrogens is 466 g/mol. The van der Waals surface area contributed by atoms with Gasteiger partial charge in [-0.2, -0.15) is 0 Å². The number of aryl methyl sites for hydroxylation is 1. The summed E-state index contributed by atoms with van der Waals surface area (Å²) < 4.78 is 6.72. The van der Waals surface area contributed by atoms with Crippen LogP contribution in [0.15, 0.2) is 51.4 Å². The lowest BCUT2D eigenvalue weighted by Gasteiger charge is -2.09. The number of hydrogen-bond donors (Lipinski definition) is 1. The van der Waals surface area contributed by atoms with Crippen LogP contribution in [-0.4, -0.2) is 24.3 Å². The molecule has 2 aromatic rings. The highest BCUT2D eigenvalue weighted by Gasteiger charge is 2.12. The van der Waals surface area contributed by atoms with Crippen LogP contribution in [0.2, 0.25) is 0 Å². The van der Waals surface area contributed by atoms with Gasteiger partial charge in [-0.1, -0.05) is 44.0 Å². The van der Waals surface area contributed by atoms with Crippen LogP contribution in [0.25, 0.3) is 0 Å². The minimum absolute atomic E-state index is 0.0131. The van der Waals surface area contributed by atoms with Crippen LogP contribution in [0.3, 0.4) is 0 Å². The van der Waals surface area contributed by atoms with E-state index in [-0.39, 0.29) is 31.1 Å². The van der Waals surface area contributed by atoms with Crippen LogP contribution in [0.4, 0.5) is 5.69 Å². The van der Waals surface area contributed by atoms with Gasteiger partial charge in [0, 0.05) is 26.6 Å². The zero-order valence-corrected chi connectivity index (χ0v) is 17.2. The lowest BCUT2D eigenvalue weighted by Crippen LogP contribution is -2.17. The average molecular weight is 483 g/mol. The van der Waals surface area contributed by atoms with Gasteiger partial charge in [0.1, 0.15) is 0 Å². The highest BCUT2D eigenvalue weighted by Crippen LogP contribution is 2.20. The largest absolute Gasteiger partial charge is 0.457 e. The normalized spacial score (nSPS) is 10.3. The molecule has 7 heteroatoms. The fourth-order valence-electron chi connectivity index (χ4n) is 2.13. The summed E-state index contributed by atoms with van der Waals surface area (Å²) in [6.07, 6.45) is -0.101. The van der Waals surface area contributed by atoms with Crippen molar-refractivity contribution < 1.29 is 19.1 Å². The van der Waals surface area contributed by atoms with E-state index in [1.807, 2.05) is 19.1 Å². The van der Waals surface area contributed by atoms with Crippen molar-refractivity contribution in [2.45, 2.75) is 19.8 Å². The highest BCUT2D eigenvalue weighted by atomic mass is 79.9. The molecule has 1 amide bonds. The van der Waals surface area contributed by atoms with Crippen molar-refractivity contribution in [2.24, 2.45) is 0 Å². The van der Waals surface area contributed by atoms with Crippen molar-refractivity contribution in [3.8, 4) is 0 Å². The number of anilines is 1. The minimum Gasteiger partial charge on any atom is -0.457 e. The van der Waals surface area contributed by atoms with Crippen LogP contribution in [-0.2, 0) is 14.3 Å². The number of hydrogen-bond acceptors (Lipinski definition) is 4. The number of amides is 1. The quantitative estimate of drug-likeness (QED) is 0.460. The lowest BCUT2D eigenvalue weighted by atomic mass is 10.1. The summed E-state index contributed by atoms with van der Waals surface area (Å²) in [6.45, 7) is 1.54. The second-order valence-electron chi connectivity index (χ2n) is 5.60.